The van der Waals surface area contributed by atoms with E-state index in [4.69, 9.17) is 23.2 Å². The molecule has 2 atom stereocenters. The van der Waals surface area contributed by atoms with Gasteiger partial charge in [0.15, 0.2) is 0 Å². The van der Waals surface area contributed by atoms with Crippen molar-refractivity contribution < 1.29 is 0 Å². The molecule has 0 spiro atoms. The van der Waals surface area contributed by atoms with Crippen LogP contribution in [0.3, 0.4) is 0 Å². The molecule has 0 N–H and O–H groups in total. The molecule has 0 saturated carbocycles. The lowest BCUT2D eigenvalue weighted by atomic mass is 10.1. The molecule has 2 aliphatic rings. The topological polar surface area (TPSA) is 24.7 Å². The van der Waals surface area contributed by atoms with Crippen molar-refractivity contribution in [3.8, 4) is 0 Å². The Kier molecular flexibility index (Phi) is 2.62. The number of thioether (sulfide) groups is 1. The molecular weight excluding hydrogens is 330 g/mol. The van der Waals surface area contributed by atoms with E-state index in [0.717, 1.165) is 12.2 Å². The molecule has 0 radical (unpaired) electrons. The maximum absolute atomic E-state index is 5.96. The van der Waals surface area contributed by atoms with Crippen molar-refractivity contribution in [2.75, 3.05) is 5.75 Å². The van der Waals surface area contributed by atoms with Gasteiger partial charge < -0.3 is 0 Å². The SMILES string of the molecule is ClC1=N[C@]2(I)CCSC2C(Cl)=N1. The highest BCUT2D eigenvalue weighted by molar-refractivity contribution is 14.1. The summed E-state index contributed by atoms with van der Waals surface area (Å²) in [6.45, 7) is 0. The maximum atomic E-state index is 5.96. The van der Waals surface area contributed by atoms with Crippen molar-refractivity contribution in [3.63, 3.8) is 0 Å². The number of aliphatic imine (C=N–C) groups is 2. The Bertz CT molecular complexity index is 281. The summed E-state index contributed by atoms with van der Waals surface area (Å²) in [4.78, 5) is 8.24. The fraction of sp³-hybridized carbons (Fsp3) is 0.667. The second-order valence-electron chi connectivity index (χ2n) is 2.63. The van der Waals surface area contributed by atoms with Crippen LogP contribution in [0.15, 0.2) is 9.98 Å². The zero-order chi connectivity index (χ0) is 8.77. The average molecular weight is 335 g/mol. The van der Waals surface area contributed by atoms with Crippen molar-refractivity contribution in [2.45, 2.75) is 15.2 Å². The van der Waals surface area contributed by atoms with Crippen LogP contribution in [-0.2, 0) is 0 Å². The van der Waals surface area contributed by atoms with Gasteiger partial charge in [-0.3, -0.25) is 0 Å². The van der Waals surface area contributed by atoms with Gasteiger partial charge in [0.2, 0.25) is 5.29 Å². The van der Waals surface area contributed by atoms with E-state index in [1.54, 1.807) is 11.8 Å². The summed E-state index contributed by atoms with van der Waals surface area (Å²) in [6.07, 6.45) is 1.02. The van der Waals surface area contributed by atoms with Gasteiger partial charge in [0.25, 0.3) is 0 Å². The van der Waals surface area contributed by atoms with Crippen LogP contribution in [0.1, 0.15) is 6.42 Å². The highest BCUT2D eigenvalue weighted by Crippen LogP contribution is 2.47. The smallest absolute Gasteiger partial charge is 0.220 e. The van der Waals surface area contributed by atoms with E-state index < -0.39 is 0 Å². The Labute approximate surface area is 98.3 Å². The summed E-state index contributed by atoms with van der Waals surface area (Å²) in [7, 11) is 0. The minimum atomic E-state index is -0.141. The summed E-state index contributed by atoms with van der Waals surface area (Å²) in [5.74, 6) is 1.08. The number of alkyl halides is 1. The molecule has 0 aromatic carbocycles. The molecular formula is C6H5Cl2IN2S. The van der Waals surface area contributed by atoms with Gasteiger partial charge in [-0.2, -0.15) is 0 Å². The largest absolute Gasteiger partial charge is 0.237 e. The van der Waals surface area contributed by atoms with E-state index >= 15 is 0 Å². The van der Waals surface area contributed by atoms with E-state index in [1.165, 1.54) is 0 Å². The predicted molar refractivity (Wildman–Crippen MR) is 64.2 cm³/mol. The van der Waals surface area contributed by atoms with Gasteiger partial charge in [-0.25, -0.2) is 9.98 Å². The minimum Gasteiger partial charge on any atom is -0.237 e. The molecule has 0 aromatic rings. The number of rotatable bonds is 0. The van der Waals surface area contributed by atoms with Crippen molar-refractivity contribution in [3.05, 3.63) is 0 Å². The van der Waals surface area contributed by atoms with Gasteiger partial charge in [0.05, 0.1) is 5.25 Å². The van der Waals surface area contributed by atoms with Gasteiger partial charge in [-0.1, -0.05) is 34.2 Å². The minimum absolute atomic E-state index is 0.141. The normalized spacial score (nSPS) is 40.4. The van der Waals surface area contributed by atoms with Crippen LogP contribution < -0.4 is 0 Å². The van der Waals surface area contributed by atoms with Crippen molar-refractivity contribution >= 4 is 68.0 Å². The molecule has 0 aliphatic carbocycles. The number of fused-ring (bicyclic) bond motifs is 1. The van der Waals surface area contributed by atoms with Gasteiger partial charge in [0, 0.05) is 0 Å². The first-order chi connectivity index (χ1) is 5.62. The van der Waals surface area contributed by atoms with Crippen molar-refractivity contribution in [1.29, 1.82) is 0 Å². The van der Waals surface area contributed by atoms with Crippen LogP contribution in [0.25, 0.3) is 0 Å². The number of amidine groups is 1. The molecule has 0 bridgehead atoms. The van der Waals surface area contributed by atoms with Crippen molar-refractivity contribution in [1.82, 2.24) is 0 Å². The Hall–Kier alpha value is 1.00. The lowest BCUT2D eigenvalue weighted by Crippen LogP contribution is -2.35. The average Bonchev–Trinajstić information content (AvgIpc) is 2.29. The van der Waals surface area contributed by atoms with Gasteiger partial charge in [-0.05, 0) is 23.8 Å². The third-order valence-corrected chi connectivity index (χ3v) is 5.65. The summed E-state index contributed by atoms with van der Waals surface area (Å²) >= 11 is 15.8. The lowest BCUT2D eigenvalue weighted by Gasteiger charge is -2.26. The van der Waals surface area contributed by atoms with Gasteiger partial charge >= 0.3 is 0 Å². The molecule has 2 rings (SSSR count). The van der Waals surface area contributed by atoms with Crippen LogP contribution in [0, 0.1) is 0 Å². The molecule has 1 fully saturated rings. The molecule has 2 aliphatic heterocycles. The number of halogens is 3. The van der Waals surface area contributed by atoms with E-state index in [-0.39, 0.29) is 14.1 Å². The van der Waals surface area contributed by atoms with E-state index in [9.17, 15) is 0 Å². The zero-order valence-electron chi connectivity index (χ0n) is 5.93. The molecule has 1 saturated heterocycles. The van der Waals surface area contributed by atoms with E-state index in [0.29, 0.717) is 5.17 Å². The standard InChI is InChI=1S/C6H5Cl2IN2S/c7-4-3-6(9,1-2-12-3)11-5(8)10-4/h3H,1-2H2/t3?,6-/m1/s1. The molecule has 1 unspecified atom stereocenters. The second kappa shape index (κ2) is 3.29. The van der Waals surface area contributed by atoms with Crippen LogP contribution in [0.4, 0.5) is 0 Å². The molecule has 2 nitrogen and oxygen atoms in total. The first-order valence-electron chi connectivity index (χ1n) is 3.42. The number of nitrogens with zero attached hydrogens (tertiary/aromatic N) is 2. The zero-order valence-corrected chi connectivity index (χ0v) is 10.4. The van der Waals surface area contributed by atoms with E-state index in [1.807, 2.05) is 0 Å². The molecule has 66 valence electrons. The Morgan fingerprint density at radius 2 is 2.33 bits per heavy atom. The quantitative estimate of drug-likeness (QED) is 0.380. The first-order valence-corrected chi connectivity index (χ1v) is 6.30. The van der Waals surface area contributed by atoms with E-state index in [2.05, 4.69) is 32.6 Å². The summed E-state index contributed by atoms with van der Waals surface area (Å²) < 4.78 is -0.141. The lowest BCUT2D eigenvalue weighted by molar-refractivity contribution is 0.692. The number of hydrogen-bond donors (Lipinski definition) is 0. The number of hydrogen-bond acceptors (Lipinski definition) is 3. The summed E-state index contributed by atoms with van der Waals surface area (Å²) in [5.41, 5.74) is 0. The molecule has 6 heteroatoms. The van der Waals surface area contributed by atoms with Gasteiger partial charge in [0.1, 0.15) is 8.72 Å². The van der Waals surface area contributed by atoms with Crippen LogP contribution in [0.2, 0.25) is 0 Å². The predicted octanol–water partition coefficient (Wildman–Crippen LogP) is 2.87. The first kappa shape index (κ1) is 9.55. The highest BCUT2D eigenvalue weighted by atomic mass is 127. The Balaban J connectivity index is 2.40. The molecule has 12 heavy (non-hydrogen) atoms. The van der Waals surface area contributed by atoms with Crippen LogP contribution in [0.5, 0.6) is 0 Å². The third-order valence-electron chi connectivity index (χ3n) is 1.83. The molecule has 0 aromatic heterocycles. The van der Waals surface area contributed by atoms with Crippen LogP contribution >= 0.6 is 57.6 Å². The van der Waals surface area contributed by atoms with Gasteiger partial charge in [-0.15, -0.1) is 11.8 Å². The highest BCUT2D eigenvalue weighted by Gasteiger charge is 2.46. The Morgan fingerprint density at radius 1 is 1.58 bits per heavy atom. The molecule has 0 amide bonds. The summed E-state index contributed by atoms with van der Waals surface area (Å²) in [6, 6.07) is 0. The van der Waals surface area contributed by atoms with Crippen molar-refractivity contribution in [2.24, 2.45) is 9.98 Å². The fourth-order valence-corrected chi connectivity index (χ4v) is 5.31. The maximum Gasteiger partial charge on any atom is 0.220 e. The van der Waals surface area contributed by atoms with Crippen LogP contribution in [-0.4, -0.2) is 25.0 Å². The summed E-state index contributed by atoms with van der Waals surface area (Å²) in [5, 5.41) is 1.09. The molecule has 2 heterocycles. The Morgan fingerprint density at radius 3 is 3.08 bits per heavy atom. The third kappa shape index (κ3) is 1.51. The second-order valence-corrected chi connectivity index (χ2v) is 6.44. The fourth-order valence-electron chi connectivity index (χ4n) is 1.27. The monoisotopic (exact) mass is 334 g/mol.